The lowest BCUT2D eigenvalue weighted by Crippen LogP contribution is -2.32. The normalized spacial score (nSPS) is 13.5. The maximum atomic E-state index is 8.67. The van der Waals surface area contributed by atoms with E-state index in [2.05, 4.69) is 17.4 Å². The smallest absolute Gasteiger partial charge is 0.170 e. The third-order valence-electron chi connectivity index (χ3n) is 2.93. The van der Waals surface area contributed by atoms with E-state index in [-0.39, 0.29) is 5.84 Å². The SMILES string of the molecule is CCCC(COC)NCc1cccc(C(N)=NO)c1. The van der Waals surface area contributed by atoms with Gasteiger partial charge in [-0.2, -0.15) is 0 Å². The van der Waals surface area contributed by atoms with Gasteiger partial charge in [-0.05, 0) is 18.1 Å². The van der Waals surface area contributed by atoms with E-state index < -0.39 is 0 Å². The van der Waals surface area contributed by atoms with Crippen LogP contribution in [-0.4, -0.2) is 30.8 Å². The standard InChI is InChI=1S/C14H23N3O2/c1-3-5-13(10-19-2)16-9-11-6-4-7-12(8-11)14(15)17-18/h4,6-8,13,16,18H,3,5,9-10H2,1-2H3,(H2,15,17). The summed E-state index contributed by atoms with van der Waals surface area (Å²) in [6.45, 7) is 3.59. The predicted molar refractivity (Wildman–Crippen MR) is 76.4 cm³/mol. The molecule has 1 aromatic rings. The van der Waals surface area contributed by atoms with Crippen LogP contribution in [0.4, 0.5) is 0 Å². The second kappa shape index (κ2) is 8.50. The molecule has 1 aromatic carbocycles. The fourth-order valence-electron chi connectivity index (χ4n) is 1.95. The molecule has 4 N–H and O–H groups in total. The number of ether oxygens (including phenoxy) is 1. The Morgan fingerprint density at radius 1 is 1.53 bits per heavy atom. The van der Waals surface area contributed by atoms with Crippen LogP contribution in [0.5, 0.6) is 0 Å². The Morgan fingerprint density at radius 3 is 2.95 bits per heavy atom. The summed E-state index contributed by atoms with van der Waals surface area (Å²) in [6.07, 6.45) is 2.19. The molecule has 0 saturated carbocycles. The summed E-state index contributed by atoms with van der Waals surface area (Å²) < 4.78 is 5.19. The van der Waals surface area contributed by atoms with Gasteiger partial charge in [0.05, 0.1) is 6.61 Å². The molecule has 0 bridgehead atoms. The van der Waals surface area contributed by atoms with Crippen molar-refractivity contribution in [2.75, 3.05) is 13.7 Å². The first-order valence-corrected chi connectivity index (χ1v) is 6.50. The Labute approximate surface area is 114 Å². The highest BCUT2D eigenvalue weighted by Gasteiger charge is 2.07. The monoisotopic (exact) mass is 265 g/mol. The Bertz CT molecular complexity index is 401. The van der Waals surface area contributed by atoms with Crippen molar-refractivity contribution in [2.24, 2.45) is 10.9 Å². The van der Waals surface area contributed by atoms with Gasteiger partial charge < -0.3 is 21.0 Å². The van der Waals surface area contributed by atoms with Gasteiger partial charge in [0.15, 0.2) is 5.84 Å². The molecule has 1 atom stereocenters. The largest absolute Gasteiger partial charge is 0.409 e. The van der Waals surface area contributed by atoms with Gasteiger partial charge in [0.25, 0.3) is 0 Å². The van der Waals surface area contributed by atoms with Crippen LogP contribution in [0.25, 0.3) is 0 Å². The maximum Gasteiger partial charge on any atom is 0.170 e. The van der Waals surface area contributed by atoms with Crippen LogP contribution in [0.3, 0.4) is 0 Å². The van der Waals surface area contributed by atoms with Crippen LogP contribution in [0.15, 0.2) is 29.4 Å². The van der Waals surface area contributed by atoms with Gasteiger partial charge in [0.1, 0.15) is 0 Å². The molecule has 0 spiro atoms. The molecule has 0 heterocycles. The maximum absolute atomic E-state index is 8.67. The van der Waals surface area contributed by atoms with E-state index in [1.54, 1.807) is 7.11 Å². The van der Waals surface area contributed by atoms with E-state index in [4.69, 9.17) is 15.7 Å². The fourth-order valence-corrected chi connectivity index (χ4v) is 1.95. The Hall–Kier alpha value is -1.59. The Morgan fingerprint density at radius 2 is 2.32 bits per heavy atom. The van der Waals surface area contributed by atoms with Crippen LogP contribution >= 0.6 is 0 Å². The van der Waals surface area contributed by atoms with Crippen molar-refractivity contribution in [1.82, 2.24) is 5.32 Å². The summed E-state index contributed by atoms with van der Waals surface area (Å²) in [7, 11) is 1.71. The molecule has 0 fully saturated rings. The third-order valence-corrected chi connectivity index (χ3v) is 2.93. The zero-order valence-electron chi connectivity index (χ0n) is 11.6. The van der Waals surface area contributed by atoms with Crippen LogP contribution in [0.2, 0.25) is 0 Å². The number of oxime groups is 1. The van der Waals surface area contributed by atoms with Gasteiger partial charge in [-0.1, -0.05) is 36.7 Å². The fraction of sp³-hybridized carbons (Fsp3) is 0.500. The Kier molecular flexibility index (Phi) is 6.92. The quantitative estimate of drug-likeness (QED) is 0.289. The van der Waals surface area contributed by atoms with Crippen LogP contribution < -0.4 is 11.1 Å². The lowest BCUT2D eigenvalue weighted by atomic mass is 10.1. The molecule has 0 amide bonds. The van der Waals surface area contributed by atoms with Crippen molar-refractivity contribution < 1.29 is 9.94 Å². The minimum atomic E-state index is 0.129. The molecule has 1 unspecified atom stereocenters. The number of nitrogens with two attached hydrogens (primary N) is 1. The first-order valence-electron chi connectivity index (χ1n) is 6.50. The molecule has 1 rings (SSSR count). The first kappa shape index (κ1) is 15.5. The highest BCUT2D eigenvalue weighted by Crippen LogP contribution is 2.06. The van der Waals surface area contributed by atoms with Crippen LogP contribution in [0.1, 0.15) is 30.9 Å². The van der Waals surface area contributed by atoms with Crippen LogP contribution in [0, 0.1) is 0 Å². The first-order chi connectivity index (χ1) is 9.21. The molecule has 0 saturated heterocycles. The average Bonchev–Trinajstić information content (AvgIpc) is 2.44. The average molecular weight is 265 g/mol. The Balaban J connectivity index is 2.61. The summed E-state index contributed by atoms with van der Waals surface area (Å²) in [5.74, 6) is 0.129. The second-order valence-corrected chi connectivity index (χ2v) is 4.51. The summed E-state index contributed by atoms with van der Waals surface area (Å²) >= 11 is 0. The minimum absolute atomic E-state index is 0.129. The molecule has 5 nitrogen and oxygen atoms in total. The number of nitrogens with one attached hydrogen (secondary N) is 1. The summed E-state index contributed by atoms with van der Waals surface area (Å²) in [4.78, 5) is 0. The lowest BCUT2D eigenvalue weighted by Gasteiger charge is -2.17. The van der Waals surface area contributed by atoms with Gasteiger partial charge in [-0.15, -0.1) is 0 Å². The number of amidine groups is 1. The van der Waals surface area contributed by atoms with Crippen molar-refractivity contribution in [3.05, 3.63) is 35.4 Å². The zero-order valence-corrected chi connectivity index (χ0v) is 11.6. The molecule has 19 heavy (non-hydrogen) atoms. The number of nitrogens with zero attached hydrogens (tertiary/aromatic N) is 1. The summed E-state index contributed by atoms with van der Waals surface area (Å²) in [6, 6.07) is 7.99. The van der Waals surface area contributed by atoms with Gasteiger partial charge >= 0.3 is 0 Å². The van der Waals surface area contributed by atoms with Gasteiger partial charge in [-0.3, -0.25) is 0 Å². The molecule has 0 aliphatic rings. The molecule has 0 aliphatic carbocycles. The number of rotatable bonds is 8. The highest BCUT2D eigenvalue weighted by molar-refractivity contribution is 5.97. The molecule has 106 valence electrons. The van der Waals surface area contributed by atoms with Gasteiger partial charge in [0, 0.05) is 25.3 Å². The molecule has 0 aromatic heterocycles. The molecule has 0 aliphatic heterocycles. The molecule has 5 heteroatoms. The number of methoxy groups -OCH3 is 1. The van der Waals surface area contributed by atoms with E-state index in [9.17, 15) is 0 Å². The van der Waals surface area contributed by atoms with Crippen molar-refractivity contribution in [3.8, 4) is 0 Å². The minimum Gasteiger partial charge on any atom is -0.409 e. The van der Waals surface area contributed by atoms with Crippen molar-refractivity contribution in [2.45, 2.75) is 32.4 Å². The zero-order chi connectivity index (χ0) is 14.1. The molecule has 0 radical (unpaired) electrons. The van der Waals surface area contributed by atoms with Crippen molar-refractivity contribution in [1.29, 1.82) is 0 Å². The topological polar surface area (TPSA) is 79.9 Å². The van der Waals surface area contributed by atoms with Gasteiger partial charge in [-0.25, -0.2) is 0 Å². The predicted octanol–water partition coefficient (Wildman–Crippen LogP) is 1.69. The van der Waals surface area contributed by atoms with Crippen LogP contribution in [-0.2, 0) is 11.3 Å². The number of hydrogen-bond acceptors (Lipinski definition) is 4. The molecular weight excluding hydrogens is 242 g/mol. The summed E-state index contributed by atoms with van der Waals surface area (Å²) in [5.41, 5.74) is 7.40. The number of benzene rings is 1. The van der Waals surface area contributed by atoms with Crippen molar-refractivity contribution >= 4 is 5.84 Å². The third kappa shape index (κ3) is 5.28. The lowest BCUT2D eigenvalue weighted by molar-refractivity contribution is 0.161. The van der Waals surface area contributed by atoms with E-state index in [1.165, 1.54) is 0 Å². The summed E-state index contributed by atoms with van der Waals surface area (Å²) in [5, 5.41) is 15.1. The second-order valence-electron chi connectivity index (χ2n) is 4.51. The highest BCUT2D eigenvalue weighted by atomic mass is 16.5. The van der Waals surface area contributed by atoms with Crippen molar-refractivity contribution in [3.63, 3.8) is 0 Å². The molecular formula is C14H23N3O2. The number of hydrogen-bond donors (Lipinski definition) is 3. The van der Waals surface area contributed by atoms with Gasteiger partial charge in [0.2, 0.25) is 0 Å². The van der Waals surface area contributed by atoms with E-state index in [0.29, 0.717) is 12.6 Å². The van der Waals surface area contributed by atoms with E-state index in [1.807, 2.05) is 24.3 Å². The van der Waals surface area contributed by atoms with E-state index in [0.717, 1.165) is 30.5 Å². The van der Waals surface area contributed by atoms with E-state index >= 15 is 0 Å².